The minimum atomic E-state index is -1.36. The number of methoxy groups -OCH3 is 1. The molecule has 2 aliphatic heterocycles. The molecule has 45 heavy (non-hydrogen) atoms. The molecular weight excluding hydrogens is 580 g/mol. The lowest BCUT2D eigenvalue weighted by Gasteiger charge is -2.61. The first kappa shape index (κ1) is 30.9. The van der Waals surface area contributed by atoms with Crippen molar-refractivity contribution in [1.82, 2.24) is 10.2 Å². The highest BCUT2D eigenvalue weighted by atomic mass is 16.7. The zero-order valence-corrected chi connectivity index (χ0v) is 26.4. The maximum atomic E-state index is 13.5. The summed E-state index contributed by atoms with van der Waals surface area (Å²) in [6.07, 6.45) is 0.100. The van der Waals surface area contributed by atoms with E-state index in [1.807, 2.05) is 19.2 Å². The number of ether oxygens (including phenoxy) is 5. The summed E-state index contributed by atoms with van der Waals surface area (Å²) in [6, 6.07) is 11.1. The van der Waals surface area contributed by atoms with Gasteiger partial charge in [-0.1, -0.05) is 36.4 Å². The molecule has 2 aromatic carbocycles. The van der Waals surface area contributed by atoms with Gasteiger partial charge in [0.15, 0.2) is 17.6 Å². The van der Waals surface area contributed by atoms with Crippen molar-refractivity contribution in [2.45, 2.75) is 87.9 Å². The largest absolute Gasteiger partial charge is 0.509 e. The summed E-state index contributed by atoms with van der Waals surface area (Å²) in [5.41, 5.74) is -0.396. The Morgan fingerprint density at radius 2 is 1.87 bits per heavy atom. The molecule has 4 aliphatic rings. The fourth-order valence-corrected chi connectivity index (χ4v) is 7.41. The molecule has 0 aromatic heterocycles. The zero-order valence-electron chi connectivity index (χ0n) is 26.4. The first-order chi connectivity index (χ1) is 21.3. The van der Waals surface area contributed by atoms with E-state index in [4.69, 9.17) is 23.7 Å². The fourth-order valence-electron chi connectivity index (χ4n) is 7.41. The van der Waals surface area contributed by atoms with Gasteiger partial charge in [0, 0.05) is 23.6 Å². The summed E-state index contributed by atoms with van der Waals surface area (Å²) in [5, 5.41) is 15.0. The lowest BCUT2D eigenvalue weighted by Crippen LogP contribution is -2.74. The number of rotatable bonds is 7. The van der Waals surface area contributed by atoms with Crippen LogP contribution in [0, 0.1) is 0 Å². The van der Waals surface area contributed by atoms with Crippen LogP contribution >= 0.6 is 0 Å². The van der Waals surface area contributed by atoms with Crippen LogP contribution in [0.4, 0.5) is 4.79 Å². The Labute approximate surface area is 262 Å². The lowest BCUT2D eigenvalue weighted by atomic mass is 9.50. The third kappa shape index (κ3) is 5.02. The SMILES string of the molecule is COc1ccc2c3c1OC1C(OC(=O)C(C)NC(=O)C(OC(=O)OC(C)(C)C)c4ccccc4)=CCC4(O)C(C2)N(C)CCC314. The Hall–Kier alpha value is -4.09. The van der Waals surface area contributed by atoms with Crippen molar-refractivity contribution in [3.05, 3.63) is 71.0 Å². The number of aliphatic hydroxyl groups is 1. The van der Waals surface area contributed by atoms with Crippen molar-refractivity contribution in [3.63, 3.8) is 0 Å². The van der Waals surface area contributed by atoms with E-state index in [2.05, 4.69) is 10.2 Å². The normalized spacial score (nSPS) is 27.6. The molecule has 11 nitrogen and oxygen atoms in total. The summed E-state index contributed by atoms with van der Waals surface area (Å²) in [7, 11) is 3.60. The molecule has 6 atom stereocenters. The van der Waals surface area contributed by atoms with Gasteiger partial charge in [0.05, 0.1) is 18.1 Å². The molecular formula is C34H40N2O9. The summed E-state index contributed by atoms with van der Waals surface area (Å²) < 4.78 is 28.8. The molecule has 2 N–H and O–H groups in total. The standard InChI is InChI=1S/C34H40N2O9/c1-19(35-29(37)26(20-10-8-7-9-11-20)44-31(39)45-32(2,3)4)30(38)42-23-14-15-34(40)24-18-21-12-13-22(41-6)27-25(21)33(34,28(23)43-27)16-17-36(24)5/h7-14,19,24,26,28,40H,15-18H2,1-6H3,(H,35,37). The molecule has 2 aromatic rings. The van der Waals surface area contributed by atoms with E-state index in [1.165, 1.54) is 6.92 Å². The number of benzene rings is 2. The van der Waals surface area contributed by atoms with Gasteiger partial charge in [0.25, 0.3) is 5.91 Å². The molecule has 0 radical (unpaired) electrons. The van der Waals surface area contributed by atoms with Gasteiger partial charge in [-0.2, -0.15) is 0 Å². The molecule has 2 bridgehead atoms. The number of amides is 1. The Morgan fingerprint density at radius 3 is 2.56 bits per heavy atom. The highest BCUT2D eigenvalue weighted by molar-refractivity contribution is 5.89. The lowest BCUT2D eigenvalue weighted by molar-refractivity contribution is -0.170. The van der Waals surface area contributed by atoms with Gasteiger partial charge >= 0.3 is 12.1 Å². The van der Waals surface area contributed by atoms with Gasteiger partial charge in [-0.05, 0) is 71.8 Å². The number of nitrogens with one attached hydrogen (secondary N) is 1. The molecule has 0 saturated carbocycles. The van der Waals surface area contributed by atoms with Crippen LogP contribution in [0.1, 0.15) is 63.3 Å². The topological polar surface area (TPSA) is 133 Å². The van der Waals surface area contributed by atoms with Gasteiger partial charge in [-0.3, -0.25) is 4.79 Å². The number of nitrogens with zero attached hydrogens (tertiary/aromatic N) is 1. The molecule has 2 heterocycles. The number of hydrogen-bond donors (Lipinski definition) is 2. The number of hydrogen-bond acceptors (Lipinski definition) is 10. The van der Waals surface area contributed by atoms with E-state index in [0.29, 0.717) is 29.9 Å². The number of likely N-dealkylation sites (tertiary alicyclic amines) is 1. The van der Waals surface area contributed by atoms with Crippen LogP contribution in [0.3, 0.4) is 0 Å². The van der Waals surface area contributed by atoms with Gasteiger partial charge < -0.3 is 39.0 Å². The second kappa shape index (κ2) is 11.1. The molecule has 1 saturated heterocycles. The first-order valence-corrected chi connectivity index (χ1v) is 15.3. The quantitative estimate of drug-likeness (QED) is 0.442. The van der Waals surface area contributed by atoms with Gasteiger partial charge in [0.1, 0.15) is 17.4 Å². The van der Waals surface area contributed by atoms with Crippen LogP contribution in [-0.4, -0.2) is 78.1 Å². The molecule has 2 aliphatic carbocycles. The van der Waals surface area contributed by atoms with Crippen LogP contribution in [0.5, 0.6) is 11.5 Å². The highest BCUT2D eigenvalue weighted by Crippen LogP contribution is 2.65. The maximum absolute atomic E-state index is 13.5. The minimum absolute atomic E-state index is 0.143. The van der Waals surface area contributed by atoms with Crippen molar-refractivity contribution in [2.75, 3.05) is 20.7 Å². The summed E-state index contributed by atoms with van der Waals surface area (Å²) in [5.74, 6) is -0.0408. The smallest absolute Gasteiger partial charge is 0.493 e. The summed E-state index contributed by atoms with van der Waals surface area (Å²) in [6.45, 7) is 7.28. The Kier molecular flexibility index (Phi) is 7.60. The van der Waals surface area contributed by atoms with Gasteiger partial charge in [-0.25, -0.2) is 9.59 Å². The van der Waals surface area contributed by atoms with Crippen LogP contribution < -0.4 is 14.8 Å². The van der Waals surface area contributed by atoms with Crippen LogP contribution in [-0.2, 0) is 35.6 Å². The van der Waals surface area contributed by atoms with Crippen molar-refractivity contribution in [1.29, 1.82) is 0 Å². The third-order valence-electron chi connectivity index (χ3n) is 9.43. The Morgan fingerprint density at radius 1 is 1.13 bits per heavy atom. The van der Waals surface area contributed by atoms with Crippen LogP contribution in [0.2, 0.25) is 0 Å². The van der Waals surface area contributed by atoms with E-state index in [-0.39, 0.29) is 18.2 Å². The Balaban J connectivity index is 1.23. The molecule has 240 valence electrons. The van der Waals surface area contributed by atoms with Gasteiger partial charge in [-0.15, -0.1) is 0 Å². The van der Waals surface area contributed by atoms with Crippen molar-refractivity contribution in [2.24, 2.45) is 0 Å². The monoisotopic (exact) mass is 620 g/mol. The summed E-state index contributed by atoms with van der Waals surface area (Å²) >= 11 is 0. The van der Waals surface area contributed by atoms with E-state index < -0.39 is 52.9 Å². The number of carbonyl (C=O) groups is 3. The van der Waals surface area contributed by atoms with E-state index in [1.54, 1.807) is 64.3 Å². The average molecular weight is 621 g/mol. The molecule has 6 rings (SSSR count). The van der Waals surface area contributed by atoms with Crippen molar-refractivity contribution < 1.29 is 43.2 Å². The third-order valence-corrected chi connectivity index (χ3v) is 9.43. The number of likely N-dealkylation sites (N-methyl/N-ethyl adjacent to an activating group) is 1. The van der Waals surface area contributed by atoms with Crippen molar-refractivity contribution >= 4 is 18.0 Å². The van der Waals surface area contributed by atoms with E-state index >= 15 is 0 Å². The van der Waals surface area contributed by atoms with Crippen LogP contribution in [0.25, 0.3) is 0 Å². The second-order valence-corrected chi connectivity index (χ2v) is 13.3. The van der Waals surface area contributed by atoms with Crippen LogP contribution in [0.15, 0.2) is 54.3 Å². The number of carbonyl (C=O) groups excluding carboxylic acids is 3. The molecule has 11 heteroatoms. The molecule has 1 spiro atoms. The maximum Gasteiger partial charge on any atom is 0.509 e. The van der Waals surface area contributed by atoms with E-state index in [9.17, 15) is 19.5 Å². The Bertz CT molecular complexity index is 1550. The predicted octanol–water partition coefficient (Wildman–Crippen LogP) is 3.71. The zero-order chi connectivity index (χ0) is 32.3. The van der Waals surface area contributed by atoms with E-state index in [0.717, 1.165) is 17.7 Å². The van der Waals surface area contributed by atoms with Crippen molar-refractivity contribution in [3.8, 4) is 11.5 Å². The second-order valence-electron chi connectivity index (χ2n) is 13.3. The van der Waals surface area contributed by atoms with Gasteiger partial charge in [0.2, 0.25) is 6.10 Å². The number of esters is 1. The highest BCUT2D eigenvalue weighted by Gasteiger charge is 2.72. The molecule has 1 fully saturated rings. The predicted molar refractivity (Wildman–Crippen MR) is 162 cm³/mol. The minimum Gasteiger partial charge on any atom is -0.493 e. The molecule has 6 unspecified atom stereocenters. The molecule has 1 amide bonds. The first-order valence-electron chi connectivity index (χ1n) is 15.3. The number of piperidine rings is 1. The summed E-state index contributed by atoms with van der Waals surface area (Å²) in [4.78, 5) is 41.6. The average Bonchev–Trinajstić information content (AvgIpc) is 3.34. The fraction of sp³-hybridized carbons (Fsp3) is 0.500.